The van der Waals surface area contributed by atoms with Crippen LogP contribution in [-0.2, 0) is 6.42 Å². The van der Waals surface area contributed by atoms with Crippen LogP contribution in [0.3, 0.4) is 0 Å². The first-order chi connectivity index (χ1) is 8.70. The highest BCUT2D eigenvalue weighted by Gasteiger charge is 2.51. The molecule has 18 heavy (non-hydrogen) atoms. The predicted molar refractivity (Wildman–Crippen MR) is 72.8 cm³/mol. The van der Waals surface area contributed by atoms with E-state index >= 15 is 0 Å². The van der Waals surface area contributed by atoms with E-state index in [4.69, 9.17) is 10.5 Å². The minimum atomic E-state index is 0.332. The van der Waals surface area contributed by atoms with Gasteiger partial charge in [0.1, 0.15) is 5.75 Å². The molecule has 0 aromatic heterocycles. The Bertz CT molecular complexity index is 454. The molecule has 2 N–H and O–H groups in total. The molecule has 98 valence electrons. The molecule has 3 rings (SSSR count). The van der Waals surface area contributed by atoms with Crippen LogP contribution in [0.15, 0.2) is 18.2 Å². The van der Waals surface area contributed by atoms with Crippen LogP contribution in [0.4, 0.5) is 0 Å². The Morgan fingerprint density at radius 3 is 2.83 bits per heavy atom. The van der Waals surface area contributed by atoms with Gasteiger partial charge in [-0.1, -0.05) is 6.07 Å². The van der Waals surface area contributed by atoms with E-state index in [2.05, 4.69) is 30.1 Å². The zero-order chi connectivity index (χ0) is 12.8. The molecule has 1 aromatic rings. The highest BCUT2D eigenvalue weighted by Crippen LogP contribution is 2.57. The van der Waals surface area contributed by atoms with Crippen molar-refractivity contribution in [1.82, 2.24) is 4.90 Å². The number of methoxy groups -OCH3 is 1. The van der Waals surface area contributed by atoms with Gasteiger partial charge in [0.05, 0.1) is 7.11 Å². The van der Waals surface area contributed by atoms with Crippen molar-refractivity contribution < 1.29 is 4.74 Å². The van der Waals surface area contributed by atoms with Gasteiger partial charge >= 0.3 is 0 Å². The van der Waals surface area contributed by atoms with Crippen molar-refractivity contribution in [3.8, 4) is 5.75 Å². The second-order valence-corrected chi connectivity index (χ2v) is 5.76. The van der Waals surface area contributed by atoms with E-state index in [1.807, 2.05) is 0 Å². The standard InChI is InChI=1S/C15H22N2O/c1-17-8-5-11-9-12(18-2)3-4-13(11)14(17)15(10-16)6-7-15/h3-4,9,14H,5-8,10,16H2,1-2H3. The Balaban J connectivity index is 2.01. The summed E-state index contributed by atoms with van der Waals surface area (Å²) in [5, 5.41) is 0. The van der Waals surface area contributed by atoms with Gasteiger partial charge in [-0.25, -0.2) is 0 Å². The molecule has 3 nitrogen and oxygen atoms in total. The third kappa shape index (κ3) is 1.73. The molecule has 0 amide bonds. The fraction of sp³-hybridized carbons (Fsp3) is 0.600. The number of nitrogens with zero attached hydrogens (tertiary/aromatic N) is 1. The summed E-state index contributed by atoms with van der Waals surface area (Å²) in [6.07, 6.45) is 3.65. The van der Waals surface area contributed by atoms with E-state index in [0.717, 1.165) is 25.3 Å². The molecule has 0 saturated heterocycles. The van der Waals surface area contributed by atoms with Crippen LogP contribution in [-0.4, -0.2) is 32.1 Å². The number of nitrogens with two attached hydrogens (primary N) is 1. The number of likely N-dealkylation sites (N-methyl/N-ethyl adjacent to an activating group) is 1. The number of benzene rings is 1. The van der Waals surface area contributed by atoms with Crippen LogP contribution in [0.5, 0.6) is 5.75 Å². The molecule has 0 radical (unpaired) electrons. The number of rotatable bonds is 3. The normalized spacial score (nSPS) is 25.6. The topological polar surface area (TPSA) is 38.5 Å². The summed E-state index contributed by atoms with van der Waals surface area (Å²) in [6.45, 7) is 1.92. The number of fused-ring (bicyclic) bond motifs is 1. The molecular formula is C15H22N2O. The van der Waals surface area contributed by atoms with E-state index in [1.165, 1.54) is 24.0 Å². The van der Waals surface area contributed by atoms with Crippen LogP contribution >= 0.6 is 0 Å². The van der Waals surface area contributed by atoms with Gasteiger partial charge in [-0.15, -0.1) is 0 Å². The average molecular weight is 246 g/mol. The van der Waals surface area contributed by atoms with Gasteiger partial charge in [0.25, 0.3) is 0 Å². The summed E-state index contributed by atoms with van der Waals surface area (Å²) >= 11 is 0. The van der Waals surface area contributed by atoms with Crippen molar-refractivity contribution in [3.63, 3.8) is 0 Å². The number of ether oxygens (including phenoxy) is 1. The third-order valence-electron chi connectivity index (χ3n) is 4.70. The summed E-state index contributed by atoms with van der Waals surface area (Å²) in [5.74, 6) is 0.967. The molecule has 1 aliphatic heterocycles. The van der Waals surface area contributed by atoms with Crippen LogP contribution in [0.25, 0.3) is 0 Å². The molecule has 3 heteroatoms. The summed E-state index contributed by atoms with van der Waals surface area (Å²) < 4.78 is 5.33. The first kappa shape index (κ1) is 12.0. The summed E-state index contributed by atoms with van der Waals surface area (Å²) in [6, 6.07) is 7.01. The highest BCUT2D eigenvalue weighted by molar-refractivity contribution is 5.41. The lowest BCUT2D eigenvalue weighted by molar-refractivity contribution is 0.152. The molecule has 2 aliphatic rings. The molecule has 1 atom stereocenters. The fourth-order valence-corrected chi connectivity index (χ4v) is 3.40. The monoisotopic (exact) mass is 246 g/mol. The van der Waals surface area contributed by atoms with Gasteiger partial charge in [-0.2, -0.15) is 0 Å². The van der Waals surface area contributed by atoms with Crippen molar-refractivity contribution in [1.29, 1.82) is 0 Å². The Kier molecular flexibility index (Phi) is 2.83. The first-order valence-corrected chi connectivity index (χ1v) is 6.77. The van der Waals surface area contributed by atoms with Crippen molar-refractivity contribution in [2.45, 2.75) is 25.3 Å². The second kappa shape index (κ2) is 4.25. The summed E-state index contributed by atoms with van der Waals surface area (Å²) in [5.41, 5.74) is 9.26. The van der Waals surface area contributed by atoms with Gasteiger partial charge in [-0.3, -0.25) is 4.90 Å². The van der Waals surface area contributed by atoms with Gasteiger partial charge in [0, 0.05) is 18.0 Å². The molecule has 1 aromatic carbocycles. The Morgan fingerprint density at radius 1 is 1.44 bits per heavy atom. The van der Waals surface area contributed by atoms with Crippen LogP contribution in [0.1, 0.15) is 30.0 Å². The minimum absolute atomic E-state index is 0.332. The molecule has 1 unspecified atom stereocenters. The quantitative estimate of drug-likeness (QED) is 0.886. The maximum Gasteiger partial charge on any atom is 0.119 e. The average Bonchev–Trinajstić information content (AvgIpc) is 3.19. The molecule has 0 bridgehead atoms. The SMILES string of the molecule is COc1ccc2c(c1)CCN(C)C2C1(CN)CC1. The van der Waals surface area contributed by atoms with Gasteiger partial charge in [0.2, 0.25) is 0 Å². The van der Waals surface area contributed by atoms with Gasteiger partial charge in [0.15, 0.2) is 0 Å². The van der Waals surface area contributed by atoms with Gasteiger partial charge in [-0.05, 0) is 56.1 Å². The van der Waals surface area contributed by atoms with Crippen molar-refractivity contribution in [2.24, 2.45) is 11.1 Å². The van der Waals surface area contributed by atoms with Crippen LogP contribution < -0.4 is 10.5 Å². The molecule has 1 heterocycles. The van der Waals surface area contributed by atoms with E-state index in [0.29, 0.717) is 11.5 Å². The van der Waals surface area contributed by atoms with E-state index in [9.17, 15) is 0 Å². The number of hydrogen-bond acceptors (Lipinski definition) is 3. The highest BCUT2D eigenvalue weighted by atomic mass is 16.5. The lowest BCUT2D eigenvalue weighted by Crippen LogP contribution is -2.40. The Morgan fingerprint density at radius 2 is 2.22 bits per heavy atom. The molecular weight excluding hydrogens is 224 g/mol. The minimum Gasteiger partial charge on any atom is -0.497 e. The third-order valence-corrected chi connectivity index (χ3v) is 4.70. The molecule has 0 spiro atoms. The molecule has 1 fully saturated rings. The summed E-state index contributed by atoms with van der Waals surface area (Å²) in [7, 11) is 3.96. The zero-order valence-corrected chi connectivity index (χ0v) is 11.3. The maximum absolute atomic E-state index is 6.02. The lowest BCUT2D eigenvalue weighted by Gasteiger charge is -2.40. The Labute approximate surface area is 109 Å². The van der Waals surface area contributed by atoms with Crippen molar-refractivity contribution >= 4 is 0 Å². The smallest absolute Gasteiger partial charge is 0.119 e. The van der Waals surface area contributed by atoms with Crippen LogP contribution in [0.2, 0.25) is 0 Å². The van der Waals surface area contributed by atoms with E-state index in [-0.39, 0.29) is 0 Å². The van der Waals surface area contributed by atoms with Gasteiger partial charge < -0.3 is 10.5 Å². The van der Waals surface area contributed by atoms with Crippen molar-refractivity contribution in [2.75, 3.05) is 27.2 Å². The summed E-state index contributed by atoms with van der Waals surface area (Å²) in [4.78, 5) is 2.48. The largest absolute Gasteiger partial charge is 0.497 e. The second-order valence-electron chi connectivity index (χ2n) is 5.76. The van der Waals surface area contributed by atoms with E-state index in [1.54, 1.807) is 7.11 Å². The zero-order valence-electron chi connectivity index (χ0n) is 11.3. The Hall–Kier alpha value is -1.06. The van der Waals surface area contributed by atoms with E-state index < -0.39 is 0 Å². The van der Waals surface area contributed by atoms with Crippen molar-refractivity contribution in [3.05, 3.63) is 29.3 Å². The predicted octanol–water partition coefficient (Wildman–Crippen LogP) is 1.96. The first-order valence-electron chi connectivity index (χ1n) is 6.77. The molecule has 1 aliphatic carbocycles. The number of hydrogen-bond donors (Lipinski definition) is 1. The molecule has 1 saturated carbocycles. The maximum atomic E-state index is 6.02. The lowest BCUT2D eigenvalue weighted by atomic mass is 9.82. The van der Waals surface area contributed by atoms with Crippen LogP contribution in [0, 0.1) is 5.41 Å². The fourth-order valence-electron chi connectivity index (χ4n) is 3.40.